The van der Waals surface area contributed by atoms with Gasteiger partial charge in [0, 0.05) is 10.6 Å². The molecule has 0 radical (unpaired) electrons. The van der Waals surface area contributed by atoms with E-state index in [1.165, 1.54) is 0 Å². The van der Waals surface area contributed by atoms with Gasteiger partial charge in [-0.3, -0.25) is 0 Å². The van der Waals surface area contributed by atoms with Crippen LogP contribution >= 0.6 is 11.6 Å². The predicted molar refractivity (Wildman–Crippen MR) is 74.0 cm³/mol. The van der Waals surface area contributed by atoms with E-state index in [1.807, 2.05) is 54.6 Å². The highest BCUT2D eigenvalue weighted by Gasteiger charge is 2.08. The van der Waals surface area contributed by atoms with Gasteiger partial charge in [0.25, 0.3) is 0 Å². The van der Waals surface area contributed by atoms with E-state index in [9.17, 15) is 0 Å². The lowest BCUT2D eigenvalue weighted by molar-refractivity contribution is 0.385. The average molecular weight is 271 g/mol. The summed E-state index contributed by atoms with van der Waals surface area (Å²) in [6.45, 7) is 0. The summed E-state index contributed by atoms with van der Waals surface area (Å²) in [5.74, 6) is 1.19. The Kier molecular flexibility index (Phi) is 3.29. The topological polar surface area (TPSA) is 38.9 Å². The van der Waals surface area contributed by atoms with Crippen LogP contribution in [0.5, 0.6) is 0 Å². The number of aromatic nitrogens is 2. The molecule has 0 atom stereocenters. The Morgan fingerprint density at radius 1 is 0.947 bits per heavy atom. The molecule has 2 aromatic carbocycles. The molecule has 0 aliphatic rings. The molecule has 3 nitrogen and oxygen atoms in total. The zero-order valence-corrected chi connectivity index (χ0v) is 10.8. The molecule has 3 rings (SSSR count). The summed E-state index contributed by atoms with van der Waals surface area (Å²) in [5.41, 5.74) is 2.04. The molecule has 4 heteroatoms. The zero-order valence-electron chi connectivity index (χ0n) is 10.1. The molecule has 0 aliphatic carbocycles. The Balaban J connectivity index is 1.82. The molecule has 0 saturated carbocycles. The molecule has 1 aromatic heterocycles. The van der Waals surface area contributed by atoms with E-state index in [4.69, 9.17) is 16.1 Å². The lowest BCUT2D eigenvalue weighted by atomic mass is 10.1. The van der Waals surface area contributed by atoms with Crippen molar-refractivity contribution in [3.63, 3.8) is 0 Å². The molecule has 0 N–H and O–H groups in total. The van der Waals surface area contributed by atoms with Crippen molar-refractivity contribution in [3.8, 4) is 11.4 Å². The molecule has 3 aromatic rings. The first-order valence-corrected chi connectivity index (χ1v) is 6.31. The molecule has 94 valence electrons. The Hall–Kier alpha value is -2.13. The molecule has 0 spiro atoms. The summed E-state index contributed by atoms with van der Waals surface area (Å²) in [6, 6.07) is 17.4. The molecule has 0 bridgehead atoms. The second-order valence-corrected chi connectivity index (χ2v) is 4.62. The summed E-state index contributed by atoms with van der Waals surface area (Å²) in [6.07, 6.45) is 0.640. The van der Waals surface area contributed by atoms with Gasteiger partial charge in [0.2, 0.25) is 11.7 Å². The minimum absolute atomic E-state index is 0.586. The van der Waals surface area contributed by atoms with Crippen molar-refractivity contribution in [2.45, 2.75) is 6.42 Å². The van der Waals surface area contributed by atoms with Crippen molar-refractivity contribution >= 4 is 11.6 Å². The average Bonchev–Trinajstić information content (AvgIpc) is 2.89. The van der Waals surface area contributed by atoms with Gasteiger partial charge in [-0.15, -0.1) is 0 Å². The summed E-state index contributed by atoms with van der Waals surface area (Å²) in [4.78, 5) is 4.38. The second-order valence-electron chi connectivity index (χ2n) is 4.18. The first-order valence-electron chi connectivity index (χ1n) is 5.94. The Bertz CT molecular complexity index is 662. The highest BCUT2D eigenvalue weighted by molar-refractivity contribution is 6.30. The van der Waals surface area contributed by atoms with Crippen LogP contribution in [-0.2, 0) is 6.42 Å². The fraction of sp³-hybridized carbons (Fsp3) is 0.0667. The van der Waals surface area contributed by atoms with Crippen molar-refractivity contribution in [3.05, 3.63) is 71.1 Å². The van der Waals surface area contributed by atoms with Gasteiger partial charge in [0.15, 0.2) is 0 Å². The van der Waals surface area contributed by atoms with Gasteiger partial charge >= 0.3 is 0 Å². The molecule has 0 amide bonds. The molecule has 0 aliphatic heterocycles. The molecule has 0 saturated heterocycles. The van der Waals surface area contributed by atoms with Crippen molar-refractivity contribution in [2.75, 3.05) is 0 Å². The maximum Gasteiger partial charge on any atom is 0.231 e. The van der Waals surface area contributed by atoms with E-state index in [0.29, 0.717) is 23.2 Å². The van der Waals surface area contributed by atoms with Crippen molar-refractivity contribution in [2.24, 2.45) is 0 Å². The van der Waals surface area contributed by atoms with Crippen LogP contribution in [0.25, 0.3) is 11.4 Å². The maximum absolute atomic E-state index is 5.85. The molecule has 0 fully saturated rings. The third-order valence-electron chi connectivity index (χ3n) is 2.77. The molecular formula is C15H11ClN2O. The number of halogens is 1. The summed E-state index contributed by atoms with van der Waals surface area (Å²) in [7, 11) is 0. The lowest BCUT2D eigenvalue weighted by Crippen LogP contribution is -1.87. The SMILES string of the molecule is Clc1ccc(-c2noc(Cc3ccccc3)n2)cc1. The van der Waals surface area contributed by atoms with E-state index >= 15 is 0 Å². The molecule has 19 heavy (non-hydrogen) atoms. The van der Waals surface area contributed by atoms with Crippen molar-refractivity contribution in [1.82, 2.24) is 10.1 Å². The van der Waals surface area contributed by atoms with E-state index < -0.39 is 0 Å². The van der Waals surface area contributed by atoms with Gasteiger partial charge in [-0.2, -0.15) is 4.98 Å². The smallest absolute Gasteiger partial charge is 0.231 e. The fourth-order valence-corrected chi connectivity index (χ4v) is 1.94. The highest BCUT2D eigenvalue weighted by Crippen LogP contribution is 2.19. The second kappa shape index (κ2) is 5.24. The van der Waals surface area contributed by atoms with Gasteiger partial charge in [0.1, 0.15) is 0 Å². The summed E-state index contributed by atoms with van der Waals surface area (Å²) >= 11 is 5.85. The summed E-state index contributed by atoms with van der Waals surface area (Å²) < 4.78 is 5.26. The van der Waals surface area contributed by atoms with E-state index in [1.54, 1.807) is 0 Å². The molecule has 1 heterocycles. The molecular weight excluding hydrogens is 260 g/mol. The Morgan fingerprint density at radius 2 is 1.68 bits per heavy atom. The fourth-order valence-electron chi connectivity index (χ4n) is 1.81. The monoisotopic (exact) mass is 270 g/mol. The van der Waals surface area contributed by atoms with Crippen LogP contribution in [0.2, 0.25) is 5.02 Å². The largest absolute Gasteiger partial charge is 0.339 e. The first-order chi connectivity index (χ1) is 9.31. The number of hydrogen-bond acceptors (Lipinski definition) is 3. The van der Waals surface area contributed by atoms with Crippen LogP contribution in [-0.4, -0.2) is 10.1 Å². The van der Waals surface area contributed by atoms with Gasteiger partial charge in [-0.05, 0) is 29.8 Å². The number of hydrogen-bond donors (Lipinski definition) is 0. The third kappa shape index (κ3) is 2.83. The quantitative estimate of drug-likeness (QED) is 0.722. The number of nitrogens with zero attached hydrogens (tertiary/aromatic N) is 2. The van der Waals surface area contributed by atoms with Gasteiger partial charge in [0.05, 0.1) is 6.42 Å². The van der Waals surface area contributed by atoms with Gasteiger partial charge < -0.3 is 4.52 Å². The van der Waals surface area contributed by atoms with Crippen molar-refractivity contribution < 1.29 is 4.52 Å². The first kappa shape index (κ1) is 11.9. The highest BCUT2D eigenvalue weighted by atomic mass is 35.5. The summed E-state index contributed by atoms with van der Waals surface area (Å²) in [5, 5.41) is 4.67. The van der Waals surface area contributed by atoms with Crippen LogP contribution < -0.4 is 0 Å². The van der Waals surface area contributed by atoms with Crippen LogP contribution in [0.3, 0.4) is 0 Å². The van der Waals surface area contributed by atoms with Crippen LogP contribution in [0.15, 0.2) is 59.1 Å². The van der Waals surface area contributed by atoms with Gasteiger partial charge in [-0.1, -0.05) is 47.1 Å². The minimum Gasteiger partial charge on any atom is -0.339 e. The van der Waals surface area contributed by atoms with E-state index in [0.717, 1.165) is 11.1 Å². The van der Waals surface area contributed by atoms with E-state index in [-0.39, 0.29) is 0 Å². The normalized spacial score (nSPS) is 10.6. The molecule has 0 unspecified atom stereocenters. The Labute approximate surface area is 115 Å². The van der Waals surface area contributed by atoms with E-state index in [2.05, 4.69) is 10.1 Å². The maximum atomic E-state index is 5.85. The standard InChI is InChI=1S/C15H11ClN2O/c16-13-8-6-12(7-9-13)15-17-14(19-18-15)10-11-4-2-1-3-5-11/h1-9H,10H2. The Morgan fingerprint density at radius 3 is 2.42 bits per heavy atom. The third-order valence-corrected chi connectivity index (χ3v) is 3.02. The number of benzene rings is 2. The minimum atomic E-state index is 0.586. The zero-order chi connectivity index (χ0) is 13.1. The number of rotatable bonds is 3. The van der Waals surface area contributed by atoms with Crippen LogP contribution in [0, 0.1) is 0 Å². The van der Waals surface area contributed by atoms with Gasteiger partial charge in [-0.25, -0.2) is 0 Å². The van der Waals surface area contributed by atoms with Crippen LogP contribution in [0.4, 0.5) is 0 Å². The predicted octanol–water partition coefficient (Wildman–Crippen LogP) is 3.98. The van der Waals surface area contributed by atoms with Crippen molar-refractivity contribution in [1.29, 1.82) is 0 Å². The van der Waals surface area contributed by atoms with Crippen LogP contribution in [0.1, 0.15) is 11.5 Å². The lowest BCUT2D eigenvalue weighted by Gasteiger charge is -1.94.